The van der Waals surface area contributed by atoms with Gasteiger partial charge in [0.05, 0.1) is 22.3 Å². The van der Waals surface area contributed by atoms with Crippen LogP contribution < -0.4 is 10.6 Å². The number of hydrogen-bond donors (Lipinski definition) is 2. The standard InChI is InChI=1S/C20H17F6N3O2S/c1-27-17-29-15(10-32-17)18(5-4-14(30)8-18)16(31)28-9-11-6-12(19(21,22)23)2-3-13(7-11)20(24,25)26/h2,6-7,10H,4-5,8-9H2,1H3,(H,27,29)(H,28,31). The molecule has 0 aliphatic heterocycles. The molecule has 1 amide bonds. The summed E-state index contributed by atoms with van der Waals surface area (Å²) in [5, 5.41) is 7.32. The molecule has 1 atom stereocenters. The molecular weight excluding hydrogens is 460 g/mol. The maximum atomic E-state index is 13.1. The van der Waals surface area contributed by atoms with Crippen LogP contribution in [0.3, 0.4) is 0 Å². The van der Waals surface area contributed by atoms with E-state index < -0.39 is 46.9 Å². The minimum absolute atomic E-state index is 0.117. The van der Waals surface area contributed by atoms with Crippen LogP contribution in [0.15, 0.2) is 46.1 Å². The molecule has 1 saturated carbocycles. The van der Waals surface area contributed by atoms with Gasteiger partial charge in [-0.25, -0.2) is 4.98 Å². The third kappa shape index (κ3) is 4.97. The summed E-state index contributed by atoms with van der Waals surface area (Å²) in [5.41, 5.74) is -2.52. The van der Waals surface area contributed by atoms with Crippen LogP contribution in [0.5, 0.6) is 0 Å². The lowest BCUT2D eigenvalue weighted by Gasteiger charge is -2.25. The molecule has 32 heavy (non-hydrogen) atoms. The lowest BCUT2D eigenvalue weighted by Crippen LogP contribution is -2.44. The number of carbonyl (C=O) groups is 2. The van der Waals surface area contributed by atoms with Crippen molar-refractivity contribution in [3.05, 3.63) is 51.8 Å². The van der Waals surface area contributed by atoms with Crippen LogP contribution in [0.25, 0.3) is 0 Å². The number of halogens is 6. The number of rotatable bonds is 5. The number of thiazole rings is 1. The van der Waals surface area contributed by atoms with E-state index in [-0.39, 0.29) is 31.1 Å². The smallest absolute Gasteiger partial charge is 0.365 e. The first kappa shape index (κ1) is 23.8. The number of nitrogens with zero attached hydrogens (tertiary/aromatic N) is 1. The summed E-state index contributed by atoms with van der Waals surface area (Å²) in [4.78, 5) is 29.3. The van der Waals surface area contributed by atoms with Crippen molar-refractivity contribution in [1.29, 1.82) is 0 Å². The van der Waals surface area contributed by atoms with Crippen LogP contribution in [0.1, 0.15) is 25.0 Å². The molecule has 2 N–H and O–H groups in total. The summed E-state index contributed by atoms with van der Waals surface area (Å²) < 4.78 is 78.7. The first-order chi connectivity index (χ1) is 14.8. The Morgan fingerprint density at radius 3 is 2.47 bits per heavy atom. The number of carbonyl (C=O) groups excluding carboxylic acids is 2. The average molecular weight is 477 g/mol. The zero-order valence-corrected chi connectivity index (χ0v) is 17.4. The van der Waals surface area contributed by atoms with E-state index in [2.05, 4.69) is 15.6 Å². The Morgan fingerprint density at radius 1 is 1.22 bits per heavy atom. The predicted octanol–water partition coefficient (Wildman–Crippen LogP) is 4.36. The average Bonchev–Trinajstić information content (AvgIpc) is 3.26. The Bertz CT molecular complexity index is 1060. The topological polar surface area (TPSA) is 71.1 Å². The van der Waals surface area contributed by atoms with Crippen molar-refractivity contribution in [2.45, 2.75) is 37.0 Å². The van der Waals surface area contributed by atoms with Crippen molar-refractivity contribution < 1.29 is 35.9 Å². The van der Waals surface area contributed by atoms with Crippen molar-refractivity contribution in [3.8, 4) is 0 Å². The maximum absolute atomic E-state index is 13.1. The molecule has 0 bridgehead atoms. The van der Waals surface area contributed by atoms with Gasteiger partial charge in [-0.1, -0.05) is 0 Å². The molecule has 0 aromatic carbocycles. The van der Waals surface area contributed by atoms with E-state index in [9.17, 15) is 35.9 Å². The maximum Gasteiger partial charge on any atom is 0.423 e. The quantitative estimate of drug-likeness (QED) is 0.488. The lowest BCUT2D eigenvalue weighted by molar-refractivity contribution is -0.128. The SMILES string of the molecule is CNc1nc(C2(C(=O)NCC3=CC(C(F)(F)F)=C=CC(C(F)(F)F)=C3)CCC(=O)C2)cs1. The highest BCUT2D eigenvalue weighted by molar-refractivity contribution is 7.13. The highest BCUT2D eigenvalue weighted by Gasteiger charge is 2.48. The minimum Gasteiger partial charge on any atom is -0.365 e. The number of nitrogens with one attached hydrogen (secondary N) is 2. The van der Waals surface area contributed by atoms with E-state index in [1.54, 1.807) is 18.2 Å². The molecule has 2 aliphatic carbocycles. The third-order valence-corrected chi connectivity index (χ3v) is 5.97. The van der Waals surface area contributed by atoms with Crippen LogP contribution in [0.2, 0.25) is 0 Å². The molecule has 1 aromatic rings. The molecule has 3 rings (SSSR count). The van der Waals surface area contributed by atoms with Gasteiger partial charge in [0.1, 0.15) is 5.78 Å². The fourth-order valence-electron chi connectivity index (χ4n) is 3.45. The molecule has 2 aliphatic rings. The molecule has 12 heteroatoms. The van der Waals surface area contributed by atoms with Gasteiger partial charge in [-0.2, -0.15) is 26.3 Å². The molecule has 1 fully saturated rings. The zero-order chi connectivity index (χ0) is 23.7. The van der Waals surface area contributed by atoms with Gasteiger partial charge in [0.15, 0.2) is 5.13 Å². The summed E-state index contributed by atoms with van der Waals surface area (Å²) in [5.74, 6) is -0.868. The number of anilines is 1. The highest BCUT2D eigenvalue weighted by Crippen LogP contribution is 2.41. The Hall–Kier alpha value is -2.85. The van der Waals surface area contributed by atoms with Crippen LogP contribution in [-0.2, 0) is 15.0 Å². The number of amides is 1. The van der Waals surface area contributed by atoms with Gasteiger partial charge in [0.2, 0.25) is 5.91 Å². The monoisotopic (exact) mass is 477 g/mol. The van der Waals surface area contributed by atoms with E-state index >= 15 is 0 Å². The summed E-state index contributed by atoms with van der Waals surface area (Å²) in [6.45, 7) is -0.605. The summed E-state index contributed by atoms with van der Waals surface area (Å²) >= 11 is 1.21. The van der Waals surface area contributed by atoms with E-state index in [0.29, 0.717) is 23.0 Å². The second-order valence-corrected chi connectivity index (χ2v) is 8.14. The van der Waals surface area contributed by atoms with E-state index in [1.807, 2.05) is 0 Å². The van der Waals surface area contributed by atoms with E-state index in [0.717, 1.165) is 0 Å². The van der Waals surface area contributed by atoms with Crippen LogP contribution >= 0.6 is 11.3 Å². The molecule has 1 aromatic heterocycles. The number of aromatic nitrogens is 1. The summed E-state index contributed by atoms with van der Waals surface area (Å²) in [7, 11) is 1.62. The number of hydrogen-bond acceptors (Lipinski definition) is 5. The van der Waals surface area contributed by atoms with Gasteiger partial charge in [0, 0.05) is 31.8 Å². The first-order valence-corrected chi connectivity index (χ1v) is 10.2. The Labute approximate surface area is 182 Å². The van der Waals surface area contributed by atoms with E-state index in [4.69, 9.17) is 0 Å². The van der Waals surface area contributed by atoms with Crippen molar-refractivity contribution in [2.24, 2.45) is 0 Å². The normalized spacial score (nSPS) is 21.6. The van der Waals surface area contributed by atoms with Crippen molar-refractivity contribution >= 4 is 28.2 Å². The first-order valence-electron chi connectivity index (χ1n) is 9.32. The lowest BCUT2D eigenvalue weighted by atomic mass is 9.82. The Kier molecular flexibility index (Phi) is 6.39. The van der Waals surface area contributed by atoms with Gasteiger partial charge >= 0.3 is 12.4 Å². The number of Topliss-reactive ketones (excluding diaryl/α,β-unsaturated/α-hetero) is 1. The van der Waals surface area contributed by atoms with Gasteiger partial charge in [-0.05, 0) is 30.2 Å². The van der Waals surface area contributed by atoms with Gasteiger partial charge in [0.25, 0.3) is 0 Å². The largest absolute Gasteiger partial charge is 0.423 e. The highest BCUT2D eigenvalue weighted by atomic mass is 32.1. The molecular formula is C20H17F6N3O2S. The van der Waals surface area contributed by atoms with Crippen LogP contribution in [0.4, 0.5) is 31.5 Å². The summed E-state index contributed by atoms with van der Waals surface area (Å²) in [6, 6.07) is 0. The number of alkyl halides is 6. The minimum atomic E-state index is -4.93. The van der Waals surface area contributed by atoms with Gasteiger partial charge in [-0.15, -0.1) is 17.1 Å². The molecule has 5 nitrogen and oxygen atoms in total. The van der Waals surface area contributed by atoms with Gasteiger partial charge in [-0.3, -0.25) is 9.59 Å². The van der Waals surface area contributed by atoms with Crippen molar-refractivity contribution in [1.82, 2.24) is 10.3 Å². The van der Waals surface area contributed by atoms with Crippen LogP contribution in [-0.4, -0.2) is 42.6 Å². The van der Waals surface area contributed by atoms with E-state index in [1.165, 1.54) is 11.3 Å². The third-order valence-electron chi connectivity index (χ3n) is 5.11. The number of ketones is 1. The fraction of sp³-hybridized carbons (Fsp3) is 0.400. The van der Waals surface area contributed by atoms with Crippen LogP contribution in [0, 0.1) is 0 Å². The second kappa shape index (κ2) is 8.59. The molecule has 172 valence electrons. The second-order valence-electron chi connectivity index (χ2n) is 7.28. The molecule has 0 radical (unpaired) electrons. The van der Waals surface area contributed by atoms with Crippen molar-refractivity contribution in [2.75, 3.05) is 18.9 Å². The fourth-order valence-corrected chi connectivity index (χ4v) is 4.22. The number of allylic oxidation sites excluding steroid dienone is 3. The molecule has 0 spiro atoms. The Balaban J connectivity index is 1.89. The predicted molar refractivity (Wildman–Crippen MR) is 105 cm³/mol. The summed E-state index contributed by atoms with van der Waals surface area (Å²) in [6.07, 6.45) is -8.47. The zero-order valence-electron chi connectivity index (χ0n) is 16.6. The van der Waals surface area contributed by atoms with Crippen molar-refractivity contribution in [3.63, 3.8) is 0 Å². The molecule has 1 heterocycles. The molecule has 0 saturated heterocycles. The molecule has 1 unspecified atom stereocenters. The Morgan fingerprint density at radius 2 is 1.94 bits per heavy atom. The van der Waals surface area contributed by atoms with Gasteiger partial charge < -0.3 is 10.6 Å².